The minimum absolute atomic E-state index is 0.715. The van der Waals surface area contributed by atoms with E-state index in [4.69, 9.17) is 4.55 Å². The van der Waals surface area contributed by atoms with Crippen LogP contribution >= 0.6 is 0 Å². The molecule has 4 nitrogen and oxygen atoms in total. The Labute approximate surface area is 82.3 Å². The number of rotatable bonds is 0. The van der Waals surface area contributed by atoms with Crippen LogP contribution in [0.1, 0.15) is 0 Å². The van der Waals surface area contributed by atoms with Crippen LogP contribution in [-0.4, -0.2) is 24.2 Å². The highest BCUT2D eigenvalue weighted by Gasteiger charge is 1.86. The van der Waals surface area contributed by atoms with Gasteiger partial charge in [0, 0.05) is 11.7 Å². The van der Waals surface area contributed by atoms with E-state index in [1.807, 2.05) is 18.3 Å². The maximum absolute atomic E-state index is 9.19. The first-order chi connectivity index (χ1) is 6.47. The van der Waals surface area contributed by atoms with Gasteiger partial charge in [-0.3, -0.25) is 4.55 Å². The van der Waals surface area contributed by atoms with E-state index in [0.717, 1.165) is 0 Å². The monoisotopic (exact) mass is 213 g/mol. The fourth-order valence-electron chi connectivity index (χ4n) is 0.995. The zero-order valence-electron chi connectivity index (χ0n) is 7.64. The summed E-state index contributed by atoms with van der Waals surface area (Å²) in [6, 6.07) is 10.3. The van der Waals surface area contributed by atoms with Gasteiger partial charge in [-0.05, 0) is 17.5 Å². The standard InChI is InChI=1S/C8H7N.CH4O3S/c1-2-4-8-7(3-1)5-6-9-8;1-5(2,3)4/h1-6,9H;1H3,(H,2,3,4). The molecular weight excluding hydrogens is 202 g/mol. The van der Waals surface area contributed by atoms with Gasteiger partial charge in [-0.1, -0.05) is 18.2 Å². The molecule has 0 aliphatic heterocycles. The van der Waals surface area contributed by atoms with Crippen molar-refractivity contribution in [2.75, 3.05) is 6.26 Å². The van der Waals surface area contributed by atoms with Crippen molar-refractivity contribution in [3.05, 3.63) is 36.5 Å². The average molecular weight is 213 g/mol. The van der Waals surface area contributed by atoms with E-state index in [9.17, 15) is 8.42 Å². The van der Waals surface area contributed by atoms with Crippen LogP contribution < -0.4 is 0 Å². The molecule has 0 aliphatic carbocycles. The molecule has 0 bridgehead atoms. The van der Waals surface area contributed by atoms with E-state index in [0.29, 0.717) is 6.26 Å². The number of H-pyrrole nitrogens is 1. The topological polar surface area (TPSA) is 70.2 Å². The van der Waals surface area contributed by atoms with Crippen LogP contribution in [0.15, 0.2) is 36.5 Å². The zero-order valence-corrected chi connectivity index (χ0v) is 8.45. The number of hydrogen-bond donors (Lipinski definition) is 2. The minimum Gasteiger partial charge on any atom is -0.361 e. The predicted molar refractivity (Wildman–Crippen MR) is 55.8 cm³/mol. The Morgan fingerprint density at radius 1 is 1.21 bits per heavy atom. The largest absolute Gasteiger partial charge is 0.361 e. The first kappa shape index (κ1) is 10.7. The maximum atomic E-state index is 9.19. The van der Waals surface area contributed by atoms with Crippen molar-refractivity contribution in [1.29, 1.82) is 0 Å². The van der Waals surface area contributed by atoms with Gasteiger partial charge in [0.25, 0.3) is 10.1 Å². The Morgan fingerprint density at radius 2 is 1.79 bits per heavy atom. The van der Waals surface area contributed by atoms with Gasteiger partial charge in [-0.15, -0.1) is 0 Å². The Balaban J connectivity index is 0.000000171. The van der Waals surface area contributed by atoms with E-state index in [2.05, 4.69) is 23.2 Å². The third-order valence-electron chi connectivity index (χ3n) is 1.46. The molecule has 14 heavy (non-hydrogen) atoms. The van der Waals surface area contributed by atoms with Crippen LogP contribution in [0.2, 0.25) is 0 Å². The summed E-state index contributed by atoms with van der Waals surface area (Å²) < 4.78 is 25.9. The van der Waals surface area contributed by atoms with Crippen molar-refractivity contribution < 1.29 is 13.0 Å². The average Bonchev–Trinajstić information content (AvgIpc) is 2.47. The van der Waals surface area contributed by atoms with Gasteiger partial charge in [-0.2, -0.15) is 8.42 Å². The smallest absolute Gasteiger partial charge is 0.261 e. The summed E-state index contributed by atoms with van der Waals surface area (Å²) in [6.07, 6.45) is 2.66. The SMILES string of the molecule is CS(=O)(=O)O.c1ccc2[nH]ccc2c1. The molecule has 1 aromatic carbocycles. The fraction of sp³-hybridized carbons (Fsp3) is 0.111. The van der Waals surface area contributed by atoms with E-state index in [-0.39, 0.29) is 0 Å². The van der Waals surface area contributed by atoms with Crippen LogP contribution in [0.5, 0.6) is 0 Å². The summed E-state index contributed by atoms with van der Waals surface area (Å²) >= 11 is 0. The third kappa shape index (κ3) is 4.06. The van der Waals surface area contributed by atoms with Crippen LogP contribution in [0.4, 0.5) is 0 Å². The number of aromatic nitrogens is 1. The quantitative estimate of drug-likeness (QED) is 0.654. The molecule has 2 N–H and O–H groups in total. The molecule has 1 heterocycles. The molecule has 0 atom stereocenters. The molecule has 76 valence electrons. The summed E-state index contributed by atoms with van der Waals surface area (Å²) in [5.74, 6) is 0. The minimum atomic E-state index is -3.67. The highest BCUT2D eigenvalue weighted by atomic mass is 32.2. The van der Waals surface area contributed by atoms with Gasteiger partial charge >= 0.3 is 0 Å². The summed E-state index contributed by atoms with van der Waals surface area (Å²) in [4.78, 5) is 3.12. The summed E-state index contributed by atoms with van der Waals surface area (Å²) in [5.41, 5.74) is 1.21. The van der Waals surface area contributed by atoms with Crippen LogP contribution in [-0.2, 0) is 10.1 Å². The lowest BCUT2D eigenvalue weighted by molar-refractivity contribution is 0.490. The normalized spacial score (nSPS) is 10.7. The van der Waals surface area contributed by atoms with Crippen molar-refractivity contribution >= 4 is 21.0 Å². The van der Waals surface area contributed by atoms with Gasteiger partial charge in [0.15, 0.2) is 0 Å². The molecule has 0 unspecified atom stereocenters. The lowest BCUT2D eigenvalue weighted by atomic mass is 10.3. The van der Waals surface area contributed by atoms with Crippen molar-refractivity contribution in [1.82, 2.24) is 4.98 Å². The molecule has 0 saturated heterocycles. The van der Waals surface area contributed by atoms with Gasteiger partial charge < -0.3 is 4.98 Å². The molecular formula is C9H11NO3S. The van der Waals surface area contributed by atoms with Gasteiger partial charge in [0.2, 0.25) is 0 Å². The maximum Gasteiger partial charge on any atom is 0.261 e. The Morgan fingerprint density at radius 3 is 2.36 bits per heavy atom. The molecule has 0 aliphatic rings. The van der Waals surface area contributed by atoms with Crippen LogP contribution in [0.25, 0.3) is 10.9 Å². The molecule has 2 rings (SSSR count). The Bertz CT molecular complexity index is 463. The zero-order chi connectivity index (χ0) is 10.6. The van der Waals surface area contributed by atoms with Gasteiger partial charge in [0.05, 0.1) is 6.26 Å². The summed E-state index contributed by atoms with van der Waals surface area (Å²) in [5, 5.41) is 1.28. The molecule has 2 aromatic rings. The highest BCUT2D eigenvalue weighted by molar-refractivity contribution is 7.85. The Hall–Kier alpha value is -1.33. The molecule has 0 spiro atoms. The lowest BCUT2D eigenvalue weighted by Gasteiger charge is -1.83. The number of para-hydroxylation sites is 1. The highest BCUT2D eigenvalue weighted by Crippen LogP contribution is 2.09. The van der Waals surface area contributed by atoms with Crippen LogP contribution in [0.3, 0.4) is 0 Å². The van der Waals surface area contributed by atoms with Crippen molar-refractivity contribution in [2.45, 2.75) is 0 Å². The van der Waals surface area contributed by atoms with E-state index >= 15 is 0 Å². The molecule has 0 saturated carbocycles. The van der Waals surface area contributed by atoms with Crippen molar-refractivity contribution in [3.8, 4) is 0 Å². The number of fused-ring (bicyclic) bond motifs is 1. The first-order valence-corrected chi connectivity index (χ1v) is 5.76. The fourth-order valence-corrected chi connectivity index (χ4v) is 0.995. The number of nitrogens with one attached hydrogen (secondary N) is 1. The van der Waals surface area contributed by atoms with Gasteiger partial charge in [-0.25, -0.2) is 0 Å². The predicted octanol–water partition coefficient (Wildman–Crippen LogP) is 1.67. The van der Waals surface area contributed by atoms with Crippen LogP contribution in [0, 0.1) is 0 Å². The summed E-state index contributed by atoms with van der Waals surface area (Å²) in [7, 11) is -3.67. The molecule has 0 radical (unpaired) electrons. The number of aromatic amines is 1. The van der Waals surface area contributed by atoms with Crippen molar-refractivity contribution in [3.63, 3.8) is 0 Å². The second-order valence-corrected chi connectivity index (χ2v) is 4.26. The van der Waals surface area contributed by atoms with E-state index < -0.39 is 10.1 Å². The molecule has 5 heteroatoms. The van der Waals surface area contributed by atoms with Crippen molar-refractivity contribution in [2.24, 2.45) is 0 Å². The van der Waals surface area contributed by atoms with E-state index in [1.54, 1.807) is 0 Å². The molecule has 0 amide bonds. The van der Waals surface area contributed by atoms with Gasteiger partial charge in [0.1, 0.15) is 0 Å². The Kier molecular flexibility index (Phi) is 3.27. The second-order valence-electron chi connectivity index (χ2n) is 2.80. The molecule has 0 fully saturated rings. The second kappa shape index (κ2) is 4.26. The summed E-state index contributed by atoms with van der Waals surface area (Å²) in [6.45, 7) is 0. The number of hydrogen-bond acceptors (Lipinski definition) is 2. The third-order valence-corrected chi connectivity index (χ3v) is 1.46. The lowest BCUT2D eigenvalue weighted by Crippen LogP contribution is -1.88. The first-order valence-electron chi connectivity index (χ1n) is 3.91. The number of benzene rings is 1. The van der Waals surface area contributed by atoms with E-state index in [1.165, 1.54) is 10.9 Å². The molecule has 1 aromatic heterocycles.